The first kappa shape index (κ1) is 21.7. The molecule has 144 valence electrons. The Labute approximate surface area is 149 Å². The molecule has 0 N–H and O–H groups in total. The molecular formula is C16H19F3O6Si. The van der Waals surface area contributed by atoms with Gasteiger partial charge in [-0.25, -0.2) is 0 Å². The molecule has 0 saturated carbocycles. The first-order chi connectivity index (χ1) is 11.9. The molecule has 0 saturated heterocycles. The summed E-state index contributed by atoms with van der Waals surface area (Å²) in [6.45, 7) is 3.26. The zero-order chi connectivity index (χ0) is 20.0. The normalized spacial score (nSPS) is 11.6. The van der Waals surface area contributed by atoms with Gasteiger partial charge in [0.15, 0.2) is 0 Å². The summed E-state index contributed by atoms with van der Waals surface area (Å²) in [5.74, 6) is -2.31. The number of carbonyl (C=O) groups is 3. The number of alkyl halides is 3. The van der Waals surface area contributed by atoms with Gasteiger partial charge in [0.1, 0.15) is 0 Å². The van der Waals surface area contributed by atoms with E-state index in [0.717, 1.165) is 32.9 Å². The van der Waals surface area contributed by atoms with Crippen LogP contribution < -0.4 is 0 Å². The molecule has 0 amide bonds. The minimum atomic E-state index is -4.42. The molecular weight excluding hydrogens is 373 g/mol. The van der Waals surface area contributed by atoms with Crippen molar-refractivity contribution in [2.75, 3.05) is 0 Å². The minimum absolute atomic E-state index is 0.0350. The molecule has 0 radical (unpaired) electrons. The summed E-state index contributed by atoms with van der Waals surface area (Å²) in [5, 5.41) is 0. The largest absolute Gasteiger partial charge is 0.705 e. The second kappa shape index (κ2) is 8.83. The molecule has 10 heteroatoms. The van der Waals surface area contributed by atoms with Crippen LogP contribution in [-0.2, 0) is 40.3 Å². The monoisotopic (exact) mass is 392 g/mol. The van der Waals surface area contributed by atoms with Crippen molar-refractivity contribution >= 4 is 26.7 Å². The predicted molar refractivity (Wildman–Crippen MR) is 85.6 cm³/mol. The van der Waals surface area contributed by atoms with Crippen LogP contribution in [0.15, 0.2) is 24.3 Å². The molecule has 0 heterocycles. The number of aryl methyl sites for hydroxylation is 1. The molecule has 0 aromatic heterocycles. The molecule has 26 heavy (non-hydrogen) atoms. The third-order valence-corrected chi connectivity index (χ3v) is 5.89. The van der Waals surface area contributed by atoms with E-state index < -0.39 is 38.5 Å². The van der Waals surface area contributed by atoms with Crippen LogP contribution in [0, 0.1) is 0 Å². The number of hydrogen-bond donors (Lipinski definition) is 0. The van der Waals surface area contributed by atoms with Crippen LogP contribution in [0.3, 0.4) is 0 Å². The molecule has 6 nitrogen and oxygen atoms in total. The van der Waals surface area contributed by atoms with Gasteiger partial charge in [-0.1, -0.05) is 12.1 Å². The molecule has 0 aliphatic carbocycles. The zero-order valence-electron chi connectivity index (χ0n) is 14.5. The molecule has 0 aliphatic rings. The lowest BCUT2D eigenvalue weighted by atomic mass is 10.1. The van der Waals surface area contributed by atoms with Gasteiger partial charge in [0, 0.05) is 20.8 Å². The summed E-state index contributed by atoms with van der Waals surface area (Å²) in [6, 6.07) is 4.55. The van der Waals surface area contributed by atoms with Gasteiger partial charge in [0.05, 0.1) is 11.6 Å². The maximum Gasteiger partial charge on any atom is 0.705 e. The molecule has 1 aromatic carbocycles. The molecule has 0 aliphatic heterocycles. The van der Waals surface area contributed by atoms with Gasteiger partial charge in [-0.15, -0.1) is 0 Å². The van der Waals surface area contributed by atoms with Crippen molar-refractivity contribution in [3.8, 4) is 0 Å². The first-order valence-corrected chi connectivity index (χ1v) is 9.61. The van der Waals surface area contributed by atoms with Crippen LogP contribution >= 0.6 is 0 Å². The van der Waals surface area contributed by atoms with Crippen molar-refractivity contribution in [1.29, 1.82) is 0 Å². The lowest BCUT2D eigenvalue weighted by molar-refractivity contribution is -0.148. The fourth-order valence-electron chi connectivity index (χ4n) is 2.24. The van der Waals surface area contributed by atoms with Gasteiger partial charge in [0.25, 0.3) is 17.9 Å². The first-order valence-electron chi connectivity index (χ1n) is 7.68. The second-order valence-corrected chi connectivity index (χ2v) is 7.99. The average Bonchev–Trinajstić information content (AvgIpc) is 2.44. The average molecular weight is 392 g/mol. The number of hydrogen-bond acceptors (Lipinski definition) is 6. The molecule has 1 rings (SSSR count). The molecule has 0 spiro atoms. The van der Waals surface area contributed by atoms with E-state index in [-0.39, 0.29) is 12.5 Å². The smallest absolute Gasteiger partial charge is 0.455 e. The fourth-order valence-corrected chi connectivity index (χ4v) is 4.60. The van der Waals surface area contributed by atoms with E-state index >= 15 is 0 Å². The van der Waals surface area contributed by atoms with Crippen LogP contribution in [0.1, 0.15) is 38.3 Å². The molecule has 0 atom stereocenters. The van der Waals surface area contributed by atoms with Gasteiger partial charge in [-0.2, -0.15) is 13.2 Å². The van der Waals surface area contributed by atoms with E-state index in [9.17, 15) is 27.6 Å². The quantitative estimate of drug-likeness (QED) is 0.663. The maximum atomic E-state index is 12.6. The number of rotatable bonds is 7. The topological polar surface area (TPSA) is 78.9 Å². The minimum Gasteiger partial charge on any atom is -0.455 e. The van der Waals surface area contributed by atoms with Crippen molar-refractivity contribution in [2.45, 2.75) is 45.8 Å². The van der Waals surface area contributed by atoms with Crippen LogP contribution in [-0.4, -0.2) is 26.7 Å². The Balaban J connectivity index is 2.83. The Hall–Kier alpha value is -2.36. The van der Waals surface area contributed by atoms with Crippen LogP contribution in [0.5, 0.6) is 0 Å². The van der Waals surface area contributed by atoms with Crippen LogP contribution in [0.4, 0.5) is 13.2 Å². The van der Waals surface area contributed by atoms with Gasteiger partial charge in [0.2, 0.25) is 0 Å². The van der Waals surface area contributed by atoms with Crippen LogP contribution in [0.2, 0.25) is 6.04 Å². The Morgan fingerprint density at radius 1 is 0.885 bits per heavy atom. The van der Waals surface area contributed by atoms with E-state index in [0.29, 0.717) is 12.0 Å². The Morgan fingerprint density at radius 2 is 1.31 bits per heavy atom. The van der Waals surface area contributed by atoms with E-state index in [1.165, 1.54) is 12.1 Å². The van der Waals surface area contributed by atoms with Gasteiger partial charge < -0.3 is 13.3 Å². The highest BCUT2D eigenvalue weighted by Gasteiger charge is 2.51. The molecule has 0 unspecified atom stereocenters. The molecule has 0 fully saturated rings. The number of carbonyl (C=O) groups excluding carboxylic acids is 3. The Bertz CT molecular complexity index is 616. The summed E-state index contributed by atoms with van der Waals surface area (Å²) in [6.07, 6.45) is -3.83. The Morgan fingerprint density at radius 3 is 1.65 bits per heavy atom. The van der Waals surface area contributed by atoms with Crippen molar-refractivity contribution in [1.82, 2.24) is 0 Å². The number of halogens is 3. The molecule has 1 aromatic rings. The van der Waals surface area contributed by atoms with Crippen molar-refractivity contribution in [2.24, 2.45) is 0 Å². The zero-order valence-corrected chi connectivity index (χ0v) is 15.5. The van der Waals surface area contributed by atoms with Crippen molar-refractivity contribution < 1.29 is 40.8 Å². The lowest BCUT2D eigenvalue weighted by Gasteiger charge is -2.26. The van der Waals surface area contributed by atoms with Crippen molar-refractivity contribution in [3.05, 3.63) is 35.4 Å². The van der Waals surface area contributed by atoms with Gasteiger partial charge >= 0.3 is 15.0 Å². The predicted octanol–water partition coefficient (Wildman–Crippen LogP) is 3.27. The SMILES string of the molecule is CC(=O)O[Si](CCCc1ccc(C(F)(F)F)cc1)(OC(C)=O)OC(C)=O. The van der Waals surface area contributed by atoms with Gasteiger partial charge in [-0.05, 0) is 30.5 Å². The standard InChI is InChI=1S/C16H19F3O6Si/c1-11(20)23-26(24-12(2)21,25-13(3)22)10-4-5-14-6-8-15(9-7-14)16(17,18)19/h6-9H,4-5,10H2,1-3H3. The third-order valence-electron chi connectivity index (χ3n) is 3.13. The van der Waals surface area contributed by atoms with Gasteiger partial charge in [-0.3, -0.25) is 14.4 Å². The van der Waals surface area contributed by atoms with E-state index in [2.05, 4.69) is 0 Å². The lowest BCUT2D eigenvalue weighted by Crippen LogP contribution is -2.49. The van der Waals surface area contributed by atoms with E-state index in [4.69, 9.17) is 13.3 Å². The summed E-state index contributed by atoms with van der Waals surface area (Å²) >= 11 is 0. The van der Waals surface area contributed by atoms with E-state index in [1.54, 1.807) is 0 Å². The molecule has 0 bridgehead atoms. The highest BCUT2D eigenvalue weighted by Crippen LogP contribution is 2.29. The third kappa shape index (κ3) is 7.26. The summed E-state index contributed by atoms with van der Waals surface area (Å²) < 4.78 is 52.7. The van der Waals surface area contributed by atoms with Crippen molar-refractivity contribution in [3.63, 3.8) is 0 Å². The number of benzene rings is 1. The highest BCUT2D eigenvalue weighted by atomic mass is 28.4. The highest BCUT2D eigenvalue weighted by molar-refractivity contribution is 6.65. The summed E-state index contributed by atoms with van der Waals surface area (Å²) in [4.78, 5) is 33.9. The second-order valence-electron chi connectivity index (χ2n) is 5.51. The maximum absolute atomic E-state index is 12.6. The van der Waals surface area contributed by atoms with E-state index in [1.807, 2.05) is 0 Å². The Kier molecular flexibility index (Phi) is 7.37. The summed E-state index contributed by atoms with van der Waals surface area (Å²) in [7, 11) is -3.91. The summed E-state index contributed by atoms with van der Waals surface area (Å²) in [5.41, 5.74) is -0.154. The fraction of sp³-hybridized carbons (Fsp3) is 0.438. The van der Waals surface area contributed by atoms with Crippen LogP contribution in [0.25, 0.3) is 0 Å².